The first kappa shape index (κ1) is 16.9. The summed E-state index contributed by atoms with van der Waals surface area (Å²) in [5.41, 5.74) is -0.285. The average Bonchev–Trinajstić information content (AvgIpc) is 2.57. The summed E-state index contributed by atoms with van der Waals surface area (Å²) in [6.45, 7) is 2.43. The van der Waals surface area contributed by atoms with E-state index >= 15 is 0 Å². The smallest absolute Gasteiger partial charge is 0.324 e. The first-order valence-corrected chi connectivity index (χ1v) is 7.69. The predicted octanol–water partition coefficient (Wildman–Crippen LogP) is 3.96. The van der Waals surface area contributed by atoms with E-state index in [4.69, 9.17) is 0 Å². The van der Waals surface area contributed by atoms with Crippen LogP contribution in [0.1, 0.15) is 18.9 Å². The third-order valence-corrected chi connectivity index (χ3v) is 3.62. The van der Waals surface area contributed by atoms with Crippen LogP contribution in [-0.4, -0.2) is 14.5 Å². The molecule has 8 heteroatoms. The number of rotatable bonds is 4. The molecule has 0 atom stereocenters. The number of pyridine rings is 1. The van der Waals surface area contributed by atoms with Gasteiger partial charge in [-0.05, 0) is 30.7 Å². The van der Waals surface area contributed by atoms with E-state index in [1.165, 1.54) is 29.0 Å². The van der Waals surface area contributed by atoms with Crippen molar-refractivity contribution in [2.75, 3.05) is 5.32 Å². The van der Waals surface area contributed by atoms with Gasteiger partial charge in [0, 0.05) is 29.9 Å². The van der Waals surface area contributed by atoms with Gasteiger partial charge in [0.25, 0.3) is 5.56 Å². The molecule has 0 bridgehead atoms. The second-order valence-corrected chi connectivity index (χ2v) is 5.50. The van der Waals surface area contributed by atoms with Crippen molar-refractivity contribution < 1.29 is 13.2 Å². The molecule has 130 valence electrons. The molecule has 0 aliphatic heterocycles. The maximum atomic E-state index is 12.8. The highest BCUT2D eigenvalue weighted by Gasteiger charge is 2.30. The van der Waals surface area contributed by atoms with Crippen molar-refractivity contribution in [2.24, 2.45) is 0 Å². The fraction of sp³-hybridized carbons (Fsp3) is 0.235. The summed E-state index contributed by atoms with van der Waals surface area (Å²) in [6.07, 6.45) is -2.15. The van der Waals surface area contributed by atoms with E-state index in [-0.39, 0.29) is 17.2 Å². The molecule has 0 aliphatic rings. The number of fused-ring (bicyclic) bond motifs is 1. The van der Waals surface area contributed by atoms with Gasteiger partial charge in [-0.25, -0.2) is 4.98 Å². The van der Waals surface area contributed by atoms with E-state index in [0.29, 0.717) is 17.6 Å². The number of halogens is 3. The summed E-state index contributed by atoms with van der Waals surface area (Å²) in [4.78, 5) is 20.4. The molecule has 0 radical (unpaired) electrons. The molecule has 2 heterocycles. The lowest BCUT2D eigenvalue weighted by molar-refractivity contribution is -0.137. The Kier molecular flexibility index (Phi) is 4.43. The van der Waals surface area contributed by atoms with Crippen LogP contribution in [0, 0.1) is 0 Å². The van der Waals surface area contributed by atoms with E-state index in [1.54, 1.807) is 6.07 Å². The fourth-order valence-corrected chi connectivity index (χ4v) is 2.47. The number of hydrogen-bond donors (Lipinski definition) is 1. The zero-order valence-electron chi connectivity index (χ0n) is 13.3. The molecular formula is C17H15F3N4O. The van der Waals surface area contributed by atoms with Gasteiger partial charge in [-0.2, -0.15) is 18.2 Å². The third-order valence-electron chi connectivity index (χ3n) is 3.62. The Bertz CT molecular complexity index is 966. The van der Waals surface area contributed by atoms with Crippen LogP contribution in [0.3, 0.4) is 0 Å². The van der Waals surface area contributed by atoms with Crippen molar-refractivity contribution in [3.8, 4) is 0 Å². The first-order valence-electron chi connectivity index (χ1n) is 7.69. The number of hydrogen-bond acceptors (Lipinski definition) is 4. The number of nitrogens with one attached hydrogen (secondary N) is 1. The Morgan fingerprint density at radius 3 is 2.72 bits per heavy atom. The molecule has 0 amide bonds. The second kappa shape index (κ2) is 6.54. The highest BCUT2D eigenvalue weighted by Crippen LogP contribution is 2.31. The lowest BCUT2D eigenvalue weighted by atomic mass is 10.2. The van der Waals surface area contributed by atoms with Crippen LogP contribution >= 0.6 is 0 Å². The van der Waals surface area contributed by atoms with Crippen molar-refractivity contribution in [1.82, 2.24) is 14.5 Å². The number of alkyl halides is 3. The Balaban J connectivity index is 2.00. The Labute approximate surface area is 141 Å². The summed E-state index contributed by atoms with van der Waals surface area (Å²) in [5.74, 6) is 0.127. The number of aryl methyl sites for hydroxylation is 1. The Morgan fingerprint density at radius 2 is 2.00 bits per heavy atom. The lowest BCUT2D eigenvalue weighted by Crippen LogP contribution is -2.20. The standard InChI is InChI=1S/C17H15F3N4O/c1-2-8-24-14(25)7-6-11-10-21-16(23-15(11)24)22-13-5-3-4-12(9-13)17(18,19)20/h3-7,9-10H,2,8H2,1H3,(H,21,22,23). The molecule has 0 fully saturated rings. The summed E-state index contributed by atoms with van der Waals surface area (Å²) in [6, 6.07) is 7.84. The first-order chi connectivity index (χ1) is 11.9. The van der Waals surface area contributed by atoms with Crippen LogP contribution in [0.5, 0.6) is 0 Å². The summed E-state index contributed by atoms with van der Waals surface area (Å²) >= 11 is 0. The van der Waals surface area contributed by atoms with Crippen molar-refractivity contribution >= 4 is 22.7 Å². The lowest BCUT2D eigenvalue weighted by Gasteiger charge is -2.11. The van der Waals surface area contributed by atoms with E-state index in [2.05, 4.69) is 15.3 Å². The summed E-state index contributed by atoms with van der Waals surface area (Å²) < 4.78 is 39.9. The van der Waals surface area contributed by atoms with Gasteiger partial charge < -0.3 is 5.32 Å². The summed E-state index contributed by atoms with van der Waals surface area (Å²) in [5, 5.41) is 3.44. The zero-order chi connectivity index (χ0) is 18.0. The fourth-order valence-electron chi connectivity index (χ4n) is 2.47. The normalized spacial score (nSPS) is 11.7. The molecule has 2 aromatic heterocycles. The molecule has 0 aliphatic carbocycles. The number of aromatic nitrogens is 3. The minimum absolute atomic E-state index is 0.127. The summed E-state index contributed by atoms with van der Waals surface area (Å²) in [7, 11) is 0. The SMILES string of the molecule is CCCn1c(=O)ccc2cnc(Nc3cccc(C(F)(F)F)c3)nc21. The molecule has 0 unspecified atom stereocenters. The topological polar surface area (TPSA) is 59.8 Å². The molecule has 0 spiro atoms. The molecule has 3 rings (SSSR count). The van der Waals surface area contributed by atoms with Gasteiger partial charge in [0.2, 0.25) is 5.95 Å². The van der Waals surface area contributed by atoms with Gasteiger partial charge >= 0.3 is 6.18 Å². The molecule has 5 nitrogen and oxygen atoms in total. The van der Waals surface area contributed by atoms with Crippen LogP contribution in [-0.2, 0) is 12.7 Å². The van der Waals surface area contributed by atoms with Crippen molar-refractivity contribution in [2.45, 2.75) is 26.1 Å². The van der Waals surface area contributed by atoms with Crippen LogP contribution < -0.4 is 10.9 Å². The molecule has 25 heavy (non-hydrogen) atoms. The van der Waals surface area contributed by atoms with Gasteiger partial charge in [0.05, 0.1) is 5.56 Å². The quantitative estimate of drug-likeness (QED) is 0.775. The van der Waals surface area contributed by atoms with Crippen molar-refractivity contribution in [3.05, 3.63) is 58.5 Å². The maximum absolute atomic E-state index is 12.8. The van der Waals surface area contributed by atoms with Crippen LogP contribution in [0.25, 0.3) is 11.0 Å². The molecule has 1 N–H and O–H groups in total. The van der Waals surface area contributed by atoms with E-state index in [1.807, 2.05) is 6.92 Å². The van der Waals surface area contributed by atoms with E-state index < -0.39 is 11.7 Å². The molecular weight excluding hydrogens is 333 g/mol. The Hall–Kier alpha value is -2.90. The number of nitrogens with zero attached hydrogens (tertiary/aromatic N) is 3. The minimum atomic E-state index is -4.43. The second-order valence-electron chi connectivity index (χ2n) is 5.50. The van der Waals surface area contributed by atoms with Crippen molar-refractivity contribution in [3.63, 3.8) is 0 Å². The van der Waals surface area contributed by atoms with Crippen LogP contribution in [0.4, 0.5) is 24.8 Å². The molecule has 0 saturated carbocycles. The molecule has 0 saturated heterocycles. The van der Waals surface area contributed by atoms with Gasteiger partial charge in [-0.1, -0.05) is 13.0 Å². The highest BCUT2D eigenvalue weighted by atomic mass is 19.4. The number of anilines is 2. The van der Waals surface area contributed by atoms with Gasteiger partial charge in [-0.3, -0.25) is 9.36 Å². The highest BCUT2D eigenvalue weighted by molar-refractivity contribution is 5.75. The van der Waals surface area contributed by atoms with Gasteiger partial charge in [0.15, 0.2) is 0 Å². The minimum Gasteiger partial charge on any atom is -0.324 e. The van der Waals surface area contributed by atoms with Gasteiger partial charge in [-0.15, -0.1) is 0 Å². The maximum Gasteiger partial charge on any atom is 0.416 e. The Morgan fingerprint density at radius 1 is 1.20 bits per heavy atom. The van der Waals surface area contributed by atoms with Crippen molar-refractivity contribution in [1.29, 1.82) is 0 Å². The molecule has 3 aromatic rings. The number of benzene rings is 1. The average molecular weight is 348 g/mol. The zero-order valence-corrected chi connectivity index (χ0v) is 13.3. The monoisotopic (exact) mass is 348 g/mol. The van der Waals surface area contributed by atoms with Crippen LogP contribution in [0.2, 0.25) is 0 Å². The van der Waals surface area contributed by atoms with E-state index in [0.717, 1.165) is 18.6 Å². The predicted molar refractivity (Wildman–Crippen MR) is 88.8 cm³/mol. The molecule has 1 aromatic carbocycles. The van der Waals surface area contributed by atoms with Crippen LogP contribution in [0.15, 0.2) is 47.4 Å². The largest absolute Gasteiger partial charge is 0.416 e. The third kappa shape index (κ3) is 3.62. The van der Waals surface area contributed by atoms with Gasteiger partial charge in [0.1, 0.15) is 5.65 Å². The van der Waals surface area contributed by atoms with E-state index in [9.17, 15) is 18.0 Å².